The number of hydrogen-bond donors (Lipinski definition) is 0. The molecule has 0 amide bonds. The molecule has 0 unspecified atom stereocenters. The molecular formula is C18H16ClN3O3. The zero-order valence-corrected chi connectivity index (χ0v) is 14.3. The largest absolute Gasteiger partial charge is 0.488 e. The molecule has 6 nitrogen and oxygen atoms in total. The van der Waals surface area contributed by atoms with Crippen LogP contribution < -0.4 is 4.74 Å². The number of carbonyl (C=O) groups excluding carboxylic acids is 1. The summed E-state index contributed by atoms with van der Waals surface area (Å²) >= 11 is 5.96. The van der Waals surface area contributed by atoms with Crippen LogP contribution in [0.4, 0.5) is 0 Å². The molecule has 0 aliphatic rings. The molecule has 0 saturated carbocycles. The van der Waals surface area contributed by atoms with E-state index in [2.05, 4.69) is 10.0 Å². The van der Waals surface area contributed by atoms with Gasteiger partial charge < -0.3 is 9.47 Å². The Morgan fingerprint density at radius 1 is 1.28 bits per heavy atom. The molecule has 2 aromatic rings. The molecule has 0 aromatic heterocycles. The third kappa shape index (κ3) is 5.57. The van der Waals surface area contributed by atoms with Crippen LogP contribution in [0.25, 0.3) is 16.5 Å². The zero-order valence-electron chi connectivity index (χ0n) is 13.6. The van der Waals surface area contributed by atoms with E-state index in [1.165, 1.54) is 6.08 Å². The molecule has 0 N–H and O–H groups in total. The highest BCUT2D eigenvalue weighted by molar-refractivity contribution is 6.30. The van der Waals surface area contributed by atoms with Crippen LogP contribution in [-0.4, -0.2) is 12.6 Å². The highest BCUT2D eigenvalue weighted by Crippen LogP contribution is 2.23. The van der Waals surface area contributed by atoms with Gasteiger partial charge in [-0.05, 0) is 42.3 Å². The Balaban J connectivity index is 2.25. The highest BCUT2D eigenvalue weighted by Gasteiger charge is 2.10. The summed E-state index contributed by atoms with van der Waals surface area (Å²) in [6.07, 6.45) is 1.44. The first-order valence-corrected chi connectivity index (χ1v) is 7.92. The zero-order chi connectivity index (χ0) is 18.1. The molecular weight excluding hydrogens is 342 g/mol. The van der Waals surface area contributed by atoms with Crippen molar-refractivity contribution in [2.45, 2.75) is 13.5 Å². The summed E-state index contributed by atoms with van der Waals surface area (Å²) in [5.74, 6) is -0.151. The molecule has 0 aliphatic heterocycles. The van der Waals surface area contributed by atoms with E-state index in [-0.39, 0.29) is 12.3 Å². The second kappa shape index (κ2) is 9.37. The van der Waals surface area contributed by atoms with Crippen LogP contribution in [0, 0.1) is 0 Å². The molecule has 0 atom stereocenters. The van der Waals surface area contributed by atoms with Crippen molar-refractivity contribution in [1.29, 1.82) is 0 Å². The lowest BCUT2D eigenvalue weighted by molar-refractivity contribution is -0.138. The van der Waals surface area contributed by atoms with Gasteiger partial charge in [0.05, 0.1) is 6.61 Å². The molecule has 0 radical (unpaired) electrons. The second-order valence-electron chi connectivity index (χ2n) is 4.90. The Morgan fingerprint density at radius 3 is 2.80 bits per heavy atom. The lowest BCUT2D eigenvalue weighted by atomic mass is 10.1. The summed E-state index contributed by atoms with van der Waals surface area (Å²) < 4.78 is 10.7. The van der Waals surface area contributed by atoms with Gasteiger partial charge in [0.1, 0.15) is 18.1 Å². The third-order valence-corrected chi connectivity index (χ3v) is 3.37. The van der Waals surface area contributed by atoms with Crippen molar-refractivity contribution in [2.75, 3.05) is 6.61 Å². The number of ether oxygens (including phenoxy) is 2. The number of hydrogen-bond acceptors (Lipinski definition) is 4. The maximum atomic E-state index is 11.9. The molecule has 0 spiro atoms. The van der Waals surface area contributed by atoms with Crippen LogP contribution in [0.1, 0.15) is 18.1 Å². The fourth-order valence-corrected chi connectivity index (χ4v) is 2.26. The van der Waals surface area contributed by atoms with E-state index < -0.39 is 5.97 Å². The Bertz CT molecular complexity index is 830. The molecule has 0 bridgehead atoms. The topological polar surface area (TPSA) is 84.3 Å². The van der Waals surface area contributed by atoms with Crippen LogP contribution in [0.2, 0.25) is 5.02 Å². The molecule has 0 saturated heterocycles. The van der Waals surface area contributed by atoms with E-state index in [9.17, 15) is 4.79 Å². The first kappa shape index (κ1) is 18.4. The fourth-order valence-electron chi connectivity index (χ4n) is 2.05. The van der Waals surface area contributed by atoms with E-state index in [0.29, 0.717) is 22.9 Å². The van der Waals surface area contributed by atoms with E-state index in [4.69, 9.17) is 26.6 Å². The first-order chi connectivity index (χ1) is 12.1. The maximum Gasteiger partial charge on any atom is 0.340 e. The molecule has 128 valence electrons. The lowest BCUT2D eigenvalue weighted by Crippen LogP contribution is -2.05. The molecule has 2 aromatic carbocycles. The number of esters is 1. The Labute approximate surface area is 150 Å². The van der Waals surface area contributed by atoms with Gasteiger partial charge in [-0.1, -0.05) is 47.0 Å². The monoisotopic (exact) mass is 357 g/mol. The molecule has 0 fully saturated rings. The number of rotatable bonds is 7. The third-order valence-electron chi connectivity index (χ3n) is 3.13. The Kier molecular flexibility index (Phi) is 6.89. The van der Waals surface area contributed by atoms with Gasteiger partial charge in [-0.25, -0.2) is 4.79 Å². The summed E-state index contributed by atoms with van der Waals surface area (Å²) in [6.45, 7) is 2.17. The summed E-state index contributed by atoms with van der Waals surface area (Å²) in [5, 5.41) is 4.03. The quantitative estimate of drug-likeness (QED) is 0.226. The van der Waals surface area contributed by atoms with Gasteiger partial charge in [-0.2, -0.15) is 0 Å². The molecule has 2 rings (SSSR count). The normalized spacial score (nSPS) is 10.7. The van der Waals surface area contributed by atoms with Crippen molar-refractivity contribution in [3.63, 3.8) is 0 Å². The van der Waals surface area contributed by atoms with E-state index in [1.807, 2.05) is 24.3 Å². The standard InChI is InChI=1S/C18H16ClN3O3/c1-2-24-18(23)16(21-22-20)11-14-7-3-4-9-17(14)25-12-13-6-5-8-15(19)10-13/h3-11H,2,12H2,1H3. The smallest absolute Gasteiger partial charge is 0.340 e. The van der Waals surface area contributed by atoms with Crippen LogP contribution in [-0.2, 0) is 16.1 Å². The van der Waals surface area contributed by atoms with Crippen LogP contribution in [0.5, 0.6) is 5.75 Å². The van der Waals surface area contributed by atoms with Gasteiger partial charge in [0.25, 0.3) is 0 Å². The summed E-state index contributed by atoms with van der Waals surface area (Å²) in [6, 6.07) is 14.4. The molecule has 0 heterocycles. The average Bonchev–Trinajstić information content (AvgIpc) is 2.61. The van der Waals surface area contributed by atoms with Crippen LogP contribution in [0.3, 0.4) is 0 Å². The summed E-state index contributed by atoms with van der Waals surface area (Å²) in [4.78, 5) is 14.5. The number of para-hydroxylation sites is 1. The Morgan fingerprint density at radius 2 is 2.08 bits per heavy atom. The van der Waals surface area contributed by atoms with Crippen LogP contribution >= 0.6 is 11.6 Å². The summed E-state index contributed by atoms with van der Waals surface area (Å²) in [7, 11) is 0. The molecule has 25 heavy (non-hydrogen) atoms. The Hall–Kier alpha value is -2.95. The SMILES string of the molecule is CCOC(=O)C(=Cc1ccccc1OCc1cccc(Cl)c1)N=[N+]=[N-]. The number of benzene rings is 2. The molecule has 7 heteroatoms. The average molecular weight is 358 g/mol. The van der Waals surface area contributed by atoms with Crippen molar-refractivity contribution in [3.8, 4) is 5.75 Å². The number of halogens is 1. The van der Waals surface area contributed by atoms with E-state index in [1.54, 1.807) is 31.2 Å². The van der Waals surface area contributed by atoms with Gasteiger partial charge >= 0.3 is 5.97 Å². The maximum absolute atomic E-state index is 11.9. The van der Waals surface area contributed by atoms with Gasteiger partial charge in [-0.15, -0.1) is 0 Å². The molecule has 0 aliphatic carbocycles. The van der Waals surface area contributed by atoms with Crippen molar-refractivity contribution < 1.29 is 14.3 Å². The minimum atomic E-state index is -0.690. The van der Waals surface area contributed by atoms with Crippen molar-refractivity contribution in [2.24, 2.45) is 5.11 Å². The first-order valence-electron chi connectivity index (χ1n) is 7.54. The fraction of sp³-hybridized carbons (Fsp3) is 0.167. The van der Waals surface area contributed by atoms with E-state index in [0.717, 1.165) is 5.56 Å². The minimum Gasteiger partial charge on any atom is -0.488 e. The minimum absolute atomic E-state index is 0.136. The van der Waals surface area contributed by atoms with Gasteiger partial charge in [0.15, 0.2) is 0 Å². The van der Waals surface area contributed by atoms with Crippen molar-refractivity contribution in [3.05, 3.63) is 80.8 Å². The lowest BCUT2D eigenvalue weighted by Gasteiger charge is -2.10. The number of nitrogens with zero attached hydrogens (tertiary/aromatic N) is 3. The number of azide groups is 1. The predicted octanol–water partition coefficient (Wildman–Crippen LogP) is 5.13. The number of carbonyl (C=O) groups is 1. The second-order valence-corrected chi connectivity index (χ2v) is 5.33. The predicted molar refractivity (Wildman–Crippen MR) is 96.0 cm³/mol. The van der Waals surface area contributed by atoms with Crippen LogP contribution in [0.15, 0.2) is 59.3 Å². The van der Waals surface area contributed by atoms with Gasteiger partial charge in [0.2, 0.25) is 0 Å². The van der Waals surface area contributed by atoms with Crippen molar-refractivity contribution in [1.82, 2.24) is 0 Å². The summed E-state index contributed by atoms with van der Waals surface area (Å²) in [5.41, 5.74) is 10.0. The van der Waals surface area contributed by atoms with Crippen molar-refractivity contribution >= 4 is 23.6 Å². The highest BCUT2D eigenvalue weighted by atomic mass is 35.5. The van der Waals surface area contributed by atoms with E-state index >= 15 is 0 Å². The van der Waals surface area contributed by atoms with Gasteiger partial charge in [0, 0.05) is 15.5 Å². The van der Waals surface area contributed by atoms with Gasteiger partial charge in [-0.3, -0.25) is 0 Å².